The molecule has 0 unspecified atom stereocenters. The molecule has 0 aliphatic rings. The summed E-state index contributed by atoms with van der Waals surface area (Å²) in [5.74, 6) is -0.0628. The van der Waals surface area contributed by atoms with Crippen molar-refractivity contribution in [2.75, 3.05) is 12.3 Å². The van der Waals surface area contributed by atoms with E-state index in [1.165, 1.54) is 0 Å². The molecule has 1 aromatic carbocycles. The van der Waals surface area contributed by atoms with Crippen molar-refractivity contribution in [3.05, 3.63) is 28.2 Å². The second-order valence-corrected chi connectivity index (χ2v) is 5.79. The maximum atomic E-state index is 11.9. The molecule has 1 amide bonds. The van der Waals surface area contributed by atoms with E-state index in [0.29, 0.717) is 17.8 Å². The summed E-state index contributed by atoms with van der Waals surface area (Å²) in [5, 5.41) is 2.94. The van der Waals surface area contributed by atoms with Crippen LogP contribution in [0.5, 0.6) is 0 Å². The zero-order chi connectivity index (χ0) is 13.1. The first-order chi connectivity index (χ1) is 7.85. The molecular formula is C13H19BrN2O. The van der Waals surface area contributed by atoms with Gasteiger partial charge < -0.3 is 11.1 Å². The van der Waals surface area contributed by atoms with Gasteiger partial charge in [0.25, 0.3) is 5.91 Å². The predicted octanol–water partition coefficient (Wildman–Crippen LogP) is 3.20. The summed E-state index contributed by atoms with van der Waals surface area (Å²) in [7, 11) is 0. The van der Waals surface area contributed by atoms with Crippen LogP contribution in [0.2, 0.25) is 0 Å². The van der Waals surface area contributed by atoms with Crippen LogP contribution in [0, 0.1) is 5.41 Å². The molecule has 0 fully saturated rings. The highest BCUT2D eigenvalue weighted by Crippen LogP contribution is 2.21. The van der Waals surface area contributed by atoms with Crippen LogP contribution in [-0.4, -0.2) is 12.5 Å². The van der Waals surface area contributed by atoms with Gasteiger partial charge in [-0.3, -0.25) is 4.79 Å². The second-order valence-electron chi connectivity index (χ2n) is 4.94. The Morgan fingerprint density at radius 3 is 2.65 bits per heavy atom. The fraction of sp³-hybridized carbons (Fsp3) is 0.462. The third-order valence-electron chi connectivity index (χ3n) is 2.95. The van der Waals surface area contributed by atoms with E-state index < -0.39 is 0 Å². The molecule has 4 heteroatoms. The van der Waals surface area contributed by atoms with Crippen molar-refractivity contribution in [2.24, 2.45) is 5.41 Å². The Balaban J connectivity index is 2.68. The summed E-state index contributed by atoms with van der Waals surface area (Å²) in [4.78, 5) is 11.9. The minimum absolute atomic E-state index is 0.0628. The van der Waals surface area contributed by atoms with Crippen LogP contribution in [0.15, 0.2) is 22.7 Å². The number of amides is 1. The van der Waals surface area contributed by atoms with Crippen molar-refractivity contribution in [1.82, 2.24) is 5.32 Å². The molecule has 0 saturated carbocycles. The Morgan fingerprint density at radius 2 is 2.12 bits per heavy atom. The third-order valence-corrected chi connectivity index (χ3v) is 3.63. The van der Waals surface area contributed by atoms with Crippen molar-refractivity contribution in [3.8, 4) is 0 Å². The van der Waals surface area contributed by atoms with Crippen molar-refractivity contribution in [1.29, 1.82) is 0 Å². The van der Waals surface area contributed by atoms with E-state index in [4.69, 9.17) is 5.73 Å². The lowest BCUT2D eigenvalue weighted by Gasteiger charge is -2.22. The first kappa shape index (κ1) is 14.0. The lowest BCUT2D eigenvalue weighted by molar-refractivity contribution is 0.0935. The van der Waals surface area contributed by atoms with Gasteiger partial charge in [-0.05, 0) is 46.0 Å². The summed E-state index contributed by atoms with van der Waals surface area (Å²) < 4.78 is 0.750. The van der Waals surface area contributed by atoms with Gasteiger partial charge in [-0.2, -0.15) is 0 Å². The molecule has 3 nitrogen and oxygen atoms in total. The van der Waals surface area contributed by atoms with E-state index in [9.17, 15) is 4.79 Å². The Bertz CT molecular complexity index is 416. The van der Waals surface area contributed by atoms with Gasteiger partial charge in [0.2, 0.25) is 0 Å². The van der Waals surface area contributed by atoms with Crippen LogP contribution in [-0.2, 0) is 0 Å². The predicted molar refractivity (Wildman–Crippen MR) is 75.0 cm³/mol. The van der Waals surface area contributed by atoms with Crippen molar-refractivity contribution >= 4 is 27.5 Å². The van der Waals surface area contributed by atoms with Crippen LogP contribution >= 0.6 is 15.9 Å². The monoisotopic (exact) mass is 298 g/mol. The van der Waals surface area contributed by atoms with Crippen LogP contribution in [0.25, 0.3) is 0 Å². The molecule has 94 valence electrons. The van der Waals surface area contributed by atoms with E-state index in [1.54, 1.807) is 18.2 Å². The van der Waals surface area contributed by atoms with Gasteiger partial charge in [0.15, 0.2) is 0 Å². The van der Waals surface area contributed by atoms with E-state index in [-0.39, 0.29) is 11.3 Å². The van der Waals surface area contributed by atoms with Crippen molar-refractivity contribution < 1.29 is 4.79 Å². The third kappa shape index (κ3) is 4.04. The van der Waals surface area contributed by atoms with Gasteiger partial charge in [-0.25, -0.2) is 0 Å². The maximum Gasteiger partial charge on any atom is 0.251 e. The number of carbonyl (C=O) groups is 1. The molecule has 0 heterocycles. The molecule has 0 radical (unpaired) electrons. The molecule has 0 aromatic heterocycles. The van der Waals surface area contributed by atoms with Crippen LogP contribution in [0.4, 0.5) is 5.69 Å². The number of carbonyl (C=O) groups excluding carboxylic acids is 1. The number of rotatable bonds is 4. The molecule has 0 spiro atoms. The molecule has 1 rings (SSSR count). The minimum atomic E-state index is -0.0628. The molecule has 1 aromatic rings. The van der Waals surface area contributed by atoms with Gasteiger partial charge in [0.05, 0.1) is 0 Å². The van der Waals surface area contributed by atoms with Crippen LogP contribution in [0.3, 0.4) is 0 Å². The highest BCUT2D eigenvalue weighted by Gasteiger charge is 2.16. The Labute approximate surface area is 111 Å². The quantitative estimate of drug-likeness (QED) is 0.839. The fourth-order valence-electron chi connectivity index (χ4n) is 1.21. The summed E-state index contributed by atoms with van der Waals surface area (Å²) in [6, 6.07) is 5.20. The summed E-state index contributed by atoms with van der Waals surface area (Å²) in [5.41, 5.74) is 7.06. The Hall–Kier alpha value is -1.03. The topological polar surface area (TPSA) is 55.1 Å². The number of benzene rings is 1. The average molecular weight is 299 g/mol. The van der Waals surface area contributed by atoms with Crippen molar-refractivity contribution in [3.63, 3.8) is 0 Å². The molecular weight excluding hydrogens is 280 g/mol. The lowest BCUT2D eigenvalue weighted by atomic mass is 9.90. The number of halogens is 1. The standard InChI is InChI=1S/C13H19BrN2O/c1-4-13(2,3)8-16-12(17)9-5-6-11(15)10(14)7-9/h5-7H,4,8,15H2,1-3H3,(H,16,17). The van der Waals surface area contributed by atoms with E-state index >= 15 is 0 Å². The molecule has 0 aliphatic heterocycles. The zero-order valence-electron chi connectivity index (χ0n) is 10.5. The first-order valence-corrected chi connectivity index (χ1v) is 6.48. The molecule has 17 heavy (non-hydrogen) atoms. The lowest BCUT2D eigenvalue weighted by Crippen LogP contribution is -2.33. The van der Waals surface area contributed by atoms with E-state index in [2.05, 4.69) is 42.0 Å². The smallest absolute Gasteiger partial charge is 0.251 e. The average Bonchev–Trinajstić information content (AvgIpc) is 2.30. The maximum absolute atomic E-state index is 11.9. The van der Waals surface area contributed by atoms with Crippen molar-refractivity contribution in [2.45, 2.75) is 27.2 Å². The van der Waals surface area contributed by atoms with Gasteiger partial charge in [0, 0.05) is 22.3 Å². The zero-order valence-corrected chi connectivity index (χ0v) is 12.1. The summed E-state index contributed by atoms with van der Waals surface area (Å²) in [6.45, 7) is 7.05. The minimum Gasteiger partial charge on any atom is -0.398 e. The number of nitrogen functional groups attached to an aromatic ring is 1. The molecule has 0 saturated heterocycles. The highest BCUT2D eigenvalue weighted by atomic mass is 79.9. The van der Waals surface area contributed by atoms with Crippen LogP contribution in [0.1, 0.15) is 37.6 Å². The highest BCUT2D eigenvalue weighted by molar-refractivity contribution is 9.10. The molecule has 0 atom stereocenters. The van der Waals surface area contributed by atoms with E-state index in [1.807, 2.05) is 0 Å². The molecule has 3 N–H and O–H groups in total. The normalized spacial score (nSPS) is 11.3. The molecule has 0 bridgehead atoms. The van der Waals surface area contributed by atoms with Gasteiger partial charge >= 0.3 is 0 Å². The van der Waals surface area contributed by atoms with Gasteiger partial charge in [-0.1, -0.05) is 20.8 Å². The first-order valence-electron chi connectivity index (χ1n) is 5.69. The summed E-state index contributed by atoms with van der Waals surface area (Å²) in [6.07, 6.45) is 1.03. The number of nitrogens with one attached hydrogen (secondary N) is 1. The fourth-order valence-corrected chi connectivity index (χ4v) is 1.59. The summed E-state index contributed by atoms with van der Waals surface area (Å²) >= 11 is 3.31. The number of hydrogen-bond donors (Lipinski definition) is 2. The van der Waals surface area contributed by atoms with Gasteiger partial charge in [-0.15, -0.1) is 0 Å². The second kappa shape index (κ2) is 5.54. The Kier molecular flexibility index (Phi) is 4.57. The Morgan fingerprint density at radius 1 is 1.47 bits per heavy atom. The van der Waals surface area contributed by atoms with Gasteiger partial charge in [0.1, 0.15) is 0 Å². The largest absolute Gasteiger partial charge is 0.398 e. The van der Waals surface area contributed by atoms with Crippen LogP contribution < -0.4 is 11.1 Å². The van der Waals surface area contributed by atoms with E-state index in [0.717, 1.165) is 10.9 Å². The molecule has 0 aliphatic carbocycles. The SMILES string of the molecule is CCC(C)(C)CNC(=O)c1ccc(N)c(Br)c1. The number of nitrogens with two attached hydrogens (primary N) is 1. The number of hydrogen-bond acceptors (Lipinski definition) is 2. The number of anilines is 1.